The number of ether oxygens (including phenoxy) is 1. The zero-order chi connectivity index (χ0) is 8.91. The van der Waals surface area contributed by atoms with Crippen molar-refractivity contribution in [2.24, 2.45) is 0 Å². The molecule has 11 heavy (non-hydrogen) atoms. The lowest BCUT2D eigenvalue weighted by Gasteiger charge is -2.20. The average molecular weight is 179 g/mol. The first-order valence-corrected chi connectivity index (χ1v) is 4.67. The maximum Gasteiger partial charge on any atom is 0.0598 e. The van der Waals surface area contributed by atoms with E-state index in [-0.39, 0.29) is 11.0 Å². The summed E-state index contributed by atoms with van der Waals surface area (Å²) in [6.07, 6.45) is 1.98. The van der Waals surface area contributed by atoms with Crippen LogP contribution < -0.4 is 0 Å². The Kier molecular flexibility index (Phi) is 5.11. The molecule has 0 N–H and O–H groups in total. The first-order valence-electron chi connectivity index (χ1n) is 4.23. The molecule has 0 amide bonds. The SMILES string of the molecule is CCC(Cl)CCOC(C)(C)C. The lowest BCUT2D eigenvalue weighted by atomic mass is 10.2. The second kappa shape index (κ2) is 5.00. The fourth-order valence-corrected chi connectivity index (χ4v) is 0.786. The van der Waals surface area contributed by atoms with Gasteiger partial charge in [0.15, 0.2) is 0 Å². The molecule has 0 aliphatic heterocycles. The van der Waals surface area contributed by atoms with Crippen molar-refractivity contribution in [1.82, 2.24) is 0 Å². The standard InChI is InChI=1S/C9H19ClO/c1-5-8(10)6-7-11-9(2,3)4/h8H,5-7H2,1-4H3. The van der Waals surface area contributed by atoms with Crippen molar-refractivity contribution < 1.29 is 4.74 Å². The van der Waals surface area contributed by atoms with Gasteiger partial charge in [-0.25, -0.2) is 0 Å². The van der Waals surface area contributed by atoms with Crippen molar-refractivity contribution in [3.8, 4) is 0 Å². The number of hydrogen-bond acceptors (Lipinski definition) is 1. The van der Waals surface area contributed by atoms with E-state index in [9.17, 15) is 0 Å². The van der Waals surface area contributed by atoms with Crippen LogP contribution in [0.4, 0.5) is 0 Å². The Morgan fingerprint density at radius 3 is 2.27 bits per heavy atom. The van der Waals surface area contributed by atoms with Crippen molar-refractivity contribution in [3.63, 3.8) is 0 Å². The molecule has 0 heterocycles. The smallest absolute Gasteiger partial charge is 0.0598 e. The molecule has 0 saturated heterocycles. The van der Waals surface area contributed by atoms with Gasteiger partial charge in [0, 0.05) is 12.0 Å². The Hall–Kier alpha value is 0.250. The largest absolute Gasteiger partial charge is 0.376 e. The minimum Gasteiger partial charge on any atom is -0.376 e. The Bertz CT molecular complexity index is 96.2. The highest BCUT2D eigenvalue weighted by Crippen LogP contribution is 2.11. The summed E-state index contributed by atoms with van der Waals surface area (Å²) in [7, 11) is 0. The minimum atomic E-state index is -0.0235. The minimum absolute atomic E-state index is 0.0235. The Morgan fingerprint density at radius 2 is 1.91 bits per heavy atom. The molecular formula is C9H19ClO. The molecule has 0 aromatic heterocycles. The zero-order valence-electron chi connectivity index (χ0n) is 7.98. The van der Waals surface area contributed by atoms with E-state index in [1.165, 1.54) is 0 Å². The summed E-state index contributed by atoms with van der Waals surface area (Å²) in [6.45, 7) is 9.03. The summed E-state index contributed by atoms with van der Waals surface area (Å²) in [5, 5.41) is 0.275. The van der Waals surface area contributed by atoms with Crippen LogP contribution >= 0.6 is 11.6 Å². The van der Waals surface area contributed by atoms with Gasteiger partial charge in [-0.3, -0.25) is 0 Å². The molecule has 0 radical (unpaired) electrons. The van der Waals surface area contributed by atoms with Crippen molar-refractivity contribution >= 4 is 11.6 Å². The molecule has 0 aliphatic rings. The van der Waals surface area contributed by atoms with E-state index in [4.69, 9.17) is 16.3 Å². The van der Waals surface area contributed by atoms with E-state index in [1.54, 1.807) is 0 Å². The second-order valence-electron chi connectivity index (χ2n) is 3.76. The molecule has 0 fully saturated rings. The molecule has 0 spiro atoms. The molecule has 68 valence electrons. The highest BCUT2D eigenvalue weighted by Gasteiger charge is 2.10. The van der Waals surface area contributed by atoms with Crippen molar-refractivity contribution in [3.05, 3.63) is 0 Å². The lowest BCUT2D eigenvalue weighted by molar-refractivity contribution is -0.00424. The van der Waals surface area contributed by atoms with Gasteiger partial charge in [-0.1, -0.05) is 6.92 Å². The molecule has 2 heteroatoms. The number of halogens is 1. The fourth-order valence-electron chi connectivity index (χ4n) is 0.697. The molecule has 0 aliphatic carbocycles. The Morgan fingerprint density at radius 1 is 1.36 bits per heavy atom. The maximum atomic E-state index is 5.91. The monoisotopic (exact) mass is 178 g/mol. The normalized spacial score (nSPS) is 15.0. The summed E-state index contributed by atoms with van der Waals surface area (Å²) in [6, 6.07) is 0. The lowest BCUT2D eigenvalue weighted by Crippen LogP contribution is -2.20. The van der Waals surface area contributed by atoms with Crippen LogP contribution in [-0.4, -0.2) is 17.6 Å². The van der Waals surface area contributed by atoms with Crippen molar-refractivity contribution in [2.45, 2.75) is 51.5 Å². The zero-order valence-corrected chi connectivity index (χ0v) is 8.74. The van der Waals surface area contributed by atoms with Gasteiger partial charge >= 0.3 is 0 Å². The van der Waals surface area contributed by atoms with Crippen LogP contribution in [0.3, 0.4) is 0 Å². The highest BCUT2D eigenvalue weighted by molar-refractivity contribution is 6.20. The van der Waals surface area contributed by atoms with Gasteiger partial charge in [0.1, 0.15) is 0 Å². The maximum absolute atomic E-state index is 5.91. The van der Waals surface area contributed by atoms with E-state index < -0.39 is 0 Å². The van der Waals surface area contributed by atoms with Crippen LogP contribution in [0, 0.1) is 0 Å². The van der Waals surface area contributed by atoms with Gasteiger partial charge in [0.2, 0.25) is 0 Å². The van der Waals surface area contributed by atoms with Gasteiger partial charge in [-0.15, -0.1) is 11.6 Å². The summed E-state index contributed by atoms with van der Waals surface area (Å²) < 4.78 is 5.52. The molecule has 1 unspecified atom stereocenters. The molecule has 1 atom stereocenters. The Balaban J connectivity index is 3.28. The third-order valence-corrected chi connectivity index (χ3v) is 1.94. The number of hydrogen-bond donors (Lipinski definition) is 0. The van der Waals surface area contributed by atoms with E-state index in [0.29, 0.717) is 0 Å². The molecule has 0 bridgehead atoms. The van der Waals surface area contributed by atoms with Crippen LogP contribution in [0.5, 0.6) is 0 Å². The molecular weight excluding hydrogens is 160 g/mol. The molecule has 0 saturated carbocycles. The summed E-state index contributed by atoms with van der Waals surface area (Å²) in [4.78, 5) is 0. The van der Waals surface area contributed by atoms with Gasteiger partial charge in [0.25, 0.3) is 0 Å². The van der Waals surface area contributed by atoms with Crippen LogP contribution in [0.15, 0.2) is 0 Å². The topological polar surface area (TPSA) is 9.23 Å². The molecule has 1 nitrogen and oxygen atoms in total. The van der Waals surface area contributed by atoms with Crippen molar-refractivity contribution in [1.29, 1.82) is 0 Å². The first kappa shape index (κ1) is 11.2. The number of rotatable bonds is 4. The summed E-state index contributed by atoms with van der Waals surface area (Å²) in [5.74, 6) is 0. The third kappa shape index (κ3) is 8.15. The second-order valence-corrected chi connectivity index (χ2v) is 4.37. The molecule has 0 rings (SSSR count). The van der Waals surface area contributed by atoms with Gasteiger partial charge in [-0.2, -0.15) is 0 Å². The van der Waals surface area contributed by atoms with Crippen LogP contribution in [0.25, 0.3) is 0 Å². The fraction of sp³-hybridized carbons (Fsp3) is 1.00. The van der Waals surface area contributed by atoms with Crippen LogP contribution in [0.2, 0.25) is 0 Å². The van der Waals surface area contributed by atoms with Crippen molar-refractivity contribution in [2.75, 3.05) is 6.61 Å². The third-order valence-electron chi connectivity index (χ3n) is 1.41. The van der Waals surface area contributed by atoms with E-state index in [0.717, 1.165) is 19.4 Å². The predicted molar refractivity (Wildman–Crippen MR) is 50.3 cm³/mol. The quantitative estimate of drug-likeness (QED) is 0.601. The van der Waals surface area contributed by atoms with Gasteiger partial charge in [0.05, 0.1) is 5.60 Å². The number of alkyl halides is 1. The summed E-state index contributed by atoms with van der Waals surface area (Å²) >= 11 is 5.91. The Labute approximate surface area is 75.1 Å². The van der Waals surface area contributed by atoms with Gasteiger partial charge in [-0.05, 0) is 33.6 Å². The van der Waals surface area contributed by atoms with Crippen LogP contribution in [0.1, 0.15) is 40.5 Å². The molecule has 0 aromatic rings. The first-order chi connectivity index (χ1) is 4.95. The summed E-state index contributed by atoms with van der Waals surface area (Å²) in [5.41, 5.74) is -0.0235. The van der Waals surface area contributed by atoms with E-state index in [1.807, 2.05) is 0 Å². The average Bonchev–Trinajstić information content (AvgIpc) is 1.85. The van der Waals surface area contributed by atoms with E-state index in [2.05, 4.69) is 27.7 Å². The van der Waals surface area contributed by atoms with Gasteiger partial charge < -0.3 is 4.74 Å². The molecule has 0 aromatic carbocycles. The van der Waals surface area contributed by atoms with Crippen LogP contribution in [-0.2, 0) is 4.74 Å². The highest BCUT2D eigenvalue weighted by atomic mass is 35.5. The van der Waals surface area contributed by atoms with E-state index >= 15 is 0 Å². The predicted octanol–water partition coefficient (Wildman–Crippen LogP) is 3.21.